The first-order valence-electron chi connectivity index (χ1n) is 11.8. The van der Waals surface area contributed by atoms with E-state index in [1.165, 1.54) is 18.3 Å². The number of thiophene rings is 1. The summed E-state index contributed by atoms with van der Waals surface area (Å²) in [5.74, 6) is 0.124. The van der Waals surface area contributed by atoms with Crippen LogP contribution in [0.5, 0.6) is 5.75 Å². The molecule has 9 nitrogen and oxygen atoms in total. The largest absolute Gasteiger partial charge is 0.488 e. The molecular weight excluding hydrogens is 529 g/mol. The number of Topliss-reactive ketones (excluding diaryl/α,β-unsaturated/α-hetero) is 1. The van der Waals surface area contributed by atoms with Gasteiger partial charge >= 0.3 is 13.9 Å². The van der Waals surface area contributed by atoms with Crippen molar-refractivity contribution in [2.75, 3.05) is 6.61 Å². The van der Waals surface area contributed by atoms with E-state index in [0.29, 0.717) is 17.9 Å². The van der Waals surface area contributed by atoms with E-state index in [9.17, 15) is 23.9 Å². The lowest BCUT2D eigenvalue weighted by molar-refractivity contribution is -0.125. The van der Waals surface area contributed by atoms with Crippen LogP contribution in [0.2, 0.25) is 0 Å². The van der Waals surface area contributed by atoms with Crippen molar-refractivity contribution in [3.05, 3.63) is 77.2 Å². The van der Waals surface area contributed by atoms with Crippen LogP contribution in [0.25, 0.3) is 10.4 Å². The Morgan fingerprint density at radius 3 is 2.29 bits per heavy atom. The Morgan fingerprint density at radius 1 is 0.974 bits per heavy atom. The molecular formula is C27H32NO8PS. The summed E-state index contributed by atoms with van der Waals surface area (Å²) in [4.78, 5) is 45.2. The monoisotopic (exact) mass is 561 g/mol. The Kier molecular flexibility index (Phi) is 9.51. The zero-order valence-corrected chi connectivity index (χ0v) is 23.4. The first-order valence-corrected chi connectivity index (χ1v) is 14.2. The van der Waals surface area contributed by atoms with E-state index in [1.807, 2.05) is 53.9 Å². The van der Waals surface area contributed by atoms with Gasteiger partial charge in [0.1, 0.15) is 23.5 Å². The van der Waals surface area contributed by atoms with Crippen molar-refractivity contribution in [2.24, 2.45) is 0 Å². The average molecular weight is 562 g/mol. The normalized spacial score (nSPS) is 13.4. The predicted octanol–water partition coefficient (Wildman–Crippen LogP) is 5.50. The number of nitrogens with one attached hydrogen (secondary N) is 1. The number of phosphoric acid groups is 1. The summed E-state index contributed by atoms with van der Waals surface area (Å²) >= 11 is 1.52. The second-order valence-electron chi connectivity index (χ2n) is 9.91. The second-order valence-corrected chi connectivity index (χ2v) is 12.1. The minimum Gasteiger partial charge on any atom is -0.488 e. The van der Waals surface area contributed by atoms with Crippen molar-refractivity contribution in [1.82, 2.24) is 5.32 Å². The fraction of sp³-hybridized carbons (Fsp3) is 0.333. The molecule has 0 unspecified atom stereocenters. The Bertz CT molecular complexity index is 1280. The molecule has 1 heterocycles. The van der Waals surface area contributed by atoms with E-state index < -0.39 is 37.4 Å². The maximum Gasteiger partial charge on any atom is 0.469 e. The van der Waals surface area contributed by atoms with Crippen LogP contribution in [-0.2, 0) is 31.6 Å². The second kappa shape index (κ2) is 12.2. The van der Waals surface area contributed by atoms with Crippen LogP contribution in [0.15, 0.2) is 66.0 Å². The molecule has 0 aliphatic heterocycles. The summed E-state index contributed by atoms with van der Waals surface area (Å²) in [5, 5.41) is 4.37. The quantitative estimate of drug-likeness (QED) is 0.262. The molecule has 0 saturated heterocycles. The van der Waals surface area contributed by atoms with Crippen molar-refractivity contribution in [1.29, 1.82) is 0 Å². The van der Waals surface area contributed by atoms with Crippen LogP contribution < -0.4 is 10.1 Å². The van der Waals surface area contributed by atoms with Crippen LogP contribution in [-0.4, -0.2) is 39.4 Å². The van der Waals surface area contributed by atoms with Gasteiger partial charge in [0.2, 0.25) is 0 Å². The Hall–Kier alpha value is -3.01. The number of alkyl carbamates (subject to hydrolysis) is 1. The number of amides is 1. The molecule has 3 N–H and O–H groups in total. The number of ether oxygens (including phenoxy) is 2. The van der Waals surface area contributed by atoms with Crippen LogP contribution in [0, 0.1) is 0 Å². The first kappa shape index (κ1) is 29.5. The summed E-state index contributed by atoms with van der Waals surface area (Å²) < 4.78 is 27.3. The lowest BCUT2D eigenvalue weighted by Gasteiger charge is -2.30. The first-order chi connectivity index (χ1) is 17.7. The molecule has 1 atom stereocenters. The lowest BCUT2D eigenvalue weighted by atomic mass is 9.91. The van der Waals surface area contributed by atoms with Crippen LogP contribution in [0.4, 0.5) is 4.79 Å². The average Bonchev–Trinajstić information content (AvgIpc) is 3.36. The number of benzene rings is 2. The standard InChI is InChI=1S/C27H32NO8PS/c1-26(2,3)36-25(30)28-27(4,18-35-37(31,32)33)24(29)16-20-12-13-22(21(15-20)23-11-8-14-38-23)34-17-19-9-6-5-7-10-19/h5-15H,16-18H2,1-4H3,(H,28,30)(H2,31,32,33)/t27-/m1/s1. The van der Waals surface area contributed by atoms with E-state index in [4.69, 9.17) is 9.47 Å². The fourth-order valence-electron chi connectivity index (χ4n) is 3.48. The van der Waals surface area contributed by atoms with Crippen molar-refractivity contribution in [3.63, 3.8) is 0 Å². The number of rotatable bonds is 11. The van der Waals surface area contributed by atoms with Gasteiger partial charge in [0, 0.05) is 16.9 Å². The Labute approximate surface area is 226 Å². The van der Waals surface area contributed by atoms with E-state index in [-0.39, 0.29) is 6.42 Å². The fourth-order valence-corrected chi connectivity index (χ4v) is 4.66. The van der Waals surface area contributed by atoms with Gasteiger partial charge in [-0.25, -0.2) is 9.36 Å². The summed E-state index contributed by atoms with van der Waals surface area (Å²) in [6.45, 7) is 5.94. The van der Waals surface area contributed by atoms with Crippen molar-refractivity contribution in [2.45, 2.75) is 51.9 Å². The van der Waals surface area contributed by atoms with Gasteiger partial charge in [-0.2, -0.15) is 0 Å². The van der Waals surface area contributed by atoms with Gasteiger partial charge in [0.05, 0.1) is 6.61 Å². The van der Waals surface area contributed by atoms with Gasteiger partial charge in [-0.3, -0.25) is 9.32 Å². The minimum absolute atomic E-state index is 0.145. The highest BCUT2D eigenvalue weighted by molar-refractivity contribution is 7.46. The lowest BCUT2D eigenvalue weighted by Crippen LogP contribution is -2.56. The highest BCUT2D eigenvalue weighted by atomic mass is 32.1. The van der Waals surface area contributed by atoms with Gasteiger partial charge < -0.3 is 24.6 Å². The molecule has 0 saturated carbocycles. The molecule has 0 radical (unpaired) electrons. The number of carbonyl (C=O) groups is 2. The van der Waals surface area contributed by atoms with E-state index in [0.717, 1.165) is 16.0 Å². The number of hydrogen-bond donors (Lipinski definition) is 3. The van der Waals surface area contributed by atoms with Crippen molar-refractivity contribution in [3.8, 4) is 16.2 Å². The highest BCUT2D eigenvalue weighted by Crippen LogP contribution is 2.38. The molecule has 0 fully saturated rings. The molecule has 38 heavy (non-hydrogen) atoms. The Balaban J connectivity index is 1.85. The molecule has 0 spiro atoms. The third kappa shape index (κ3) is 9.08. The zero-order valence-electron chi connectivity index (χ0n) is 21.7. The molecule has 1 amide bonds. The van der Waals surface area contributed by atoms with Gasteiger partial charge in [-0.05, 0) is 62.4 Å². The molecule has 11 heteroatoms. The highest BCUT2D eigenvalue weighted by Gasteiger charge is 2.38. The van der Waals surface area contributed by atoms with Gasteiger partial charge in [0.25, 0.3) is 0 Å². The number of carbonyl (C=O) groups excluding carboxylic acids is 2. The third-order valence-corrected chi connectivity index (χ3v) is 6.71. The summed E-state index contributed by atoms with van der Waals surface area (Å²) in [5.41, 5.74) is -0.176. The maximum absolute atomic E-state index is 13.4. The van der Waals surface area contributed by atoms with Crippen LogP contribution >= 0.6 is 19.2 Å². The molecule has 3 rings (SSSR count). The summed E-state index contributed by atoms with van der Waals surface area (Å²) in [7, 11) is -4.91. The number of ketones is 1. The summed E-state index contributed by atoms with van der Waals surface area (Å²) in [6.07, 6.45) is -1.06. The molecule has 0 bridgehead atoms. The van der Waals surface area contributed by atoms with Crippen LogP contribution in [0.3, 0.4) is 0 Å². The molecule has 3 aromatic rings. The predicted molar refractivity (Wildman–Crippen MR) is 145 cm³/mol. The smallest absolute Gasteiger partial charge is 0.469 e. The zero-order chi connectivity index (χ0) is 28.0. The summed E-state index contributed by atoms with van der Waals surface area (Å²) in [6, 6.07) is 19.0. The van der Waals surface area contributed by atoms with E-state index >= 15 is 0 Å². The van der Waals surface area contributed by atoms with Crippen molar-refractivity contribution >= 4 is 31.0 Å². The Morgan fingerprint density at radius 2 is 1.68 bits per heavy atom. The van der Waals surface area contributed by atoms with Gasteiger partial charge in [-0.1, -0.05) is 42.5 Å². The van der Waals surface area contributed by atoms with Gasteiger partial charge in [0.15, 0.2) is 5.78 Å². The van der Waals surface area contributed by atoms with Crippen LogP contribution in [0.1, 0.15) is 38.8 Å². The topological polar surface area (TPSA) is 131 Å². The molecule has 1 aromatic heterocycles. The number of hydrogen-bond acceptors (Lipinski definition) is 7. The number of phosphoric ester groups is 1. The van der Waals surface area contributed by atoms with Gasteiger partial charge in [-0.15, -0.1) is 11.3 Å². The maximum atomic E-state index is 13.4. The molecule has 0 aliphatic carbocycles. The molecule has 2 aromatic carbocycles. The molecule has 204 valence electrons. The third-order valence-electron chi connectivity index (χ3n) is 5.35. The molecule has 0 aliphatic rings. The van der Waals surface area contributed by atoms with E-state index in [2.05, 4.69) is 9.84 Å². The van der Waals surface area contributed by atoms with Crippen molar-refractivity contribution < 1.29 is 37.9 Å². The minimum atomic E-state index is -4.91. The SMILES string of the molecule is CC(C)(C)OC(=O)N[C@](C)(COP(=O)(O)O)C(=O)Cc1ccc(OCc2ccccc2)c(-c2cccs2)c1. The van der Waals surface area contributed by atoms with E-state index in [1.54, 1.807) is 32.9 Å².